The molecule has 110 valence electrons. The van der Waals surface area contributed by atoms with Crippen molar-refractivity contribution in [3.05, 3.63) is 29.8 Å². The SMILES string of the molecule is CCc1ccc(OCCNC(=O)N2CCOCC2)cc1. The Morgan fingerprint density at radius 1 is 1.30 bits per heavy atom. The number of nitrogens with zero attached hydrogens (tertiary/aromatic N) is 1. The van der Waals surface area contributed by atoms with E-state index in [0.717, 1.165) is 12.2 Å². The van der Waals surface area contributed by atoms with Crippen molar-refractivity contribution in [1.82, 2.24) is 10.2 Å². The molecule has 5 heteroatoms. The van der Waals surface area contributed by atoms with Crippen molar-refractivity contribution in [3.8, 4) is 5.75 Å². The number of hydrogen-bond donors (Lipinski definition) is 1. The Labute approximate surface area is 119 Å². The average Bonchev–Trinajstić information content (AvgIpc) is 2.53. The number of carbonyl (C=O) groups excluding carboxylic acids is 1. The fourth-order valence-corrected chi connectivity index (χ4v) is 2.03. The predicted octanol–water partition coefficient (Wildman–Crippen LogP) is 1.67. The van der Waals surface area contributed by atoms with Gasteiger partial charge in [-0.3, -0.25) is 0 Å². The first kappa shape index (κ1) is 14.7. The lowest BCUT2D eigenvalue weighted by Gasteiger charge is -2.26. The highest BCUT2D eigenvalue weighted by Crippen LogP contribution is 2.12. The molecule has 0 aromatic heterocycles. The first-order valence-corrected chi connectivity index (χ1v) is 7.12. The molecule has 0 unspecified atom stereocenters. The van der Waals surface area contributed by atoms with Crippen LogP contribution in [0, 0.1) is 0 Å². The summed E-state index contributed by atoms with van der Waals surface area (Å²) in [4.78, 5) is 13.6. The number of amides is 2. The monoisotopic (exact) mass is 278 g/mol. The summed E-state index contributed by atoms with van der Waals surface area (Å²) < 4.78 is 10.8. The Kier molecular flexibility index (Phi) is 5.68. The summed E-state index contributed by atoms with van der Waals surface area (Å²) in [6.45, 7) is 5.65. The summed E-state index contributed by atoms with van der Waals surface area (Å²) in [5.74, 6) is 0.836. The molecule has 0 atom stereocenters. The predicted molar refractivity (Wildman–Crippen MR) is 77.1 cm³/mol. The normalized spacial score (nSPS) is 14.9. The van der Waals surface area contributed by atoms with Crippen molar-refractivity contribution in [2.45, 2.75) is 13.3 Å². The minimum absolute atomic E-state index is 0.0433. The van der Waals surface area contributed by atoms with Crippen LogP contribution in [0.4, 0.5) is 4.79 Å². The van der Waals surface area contributed by atoms with Crippen LogP contribution in [0.15, 0.2) is 24.3 Å². The molecular formula is C15H22N2O3. The van der Waals surface area contributed by atoms with Gasteiger partial charge in [0.1, 0.15) is 12.4 Å². The molecule has 1 aromatic carbocycles. The molecule has 1 aliphatic rings. The highest BCUT2D eigenvalue weighted by molar-refractivity contribution is 5.74. The largest absolute Gasteiger partial charge is 0.492 e. The van der Waals surface area contributed by atoms with Gasteiger partial charge >= 0.3 is 6.03 Å². The van der Waals surface area contributed by atoms with Gasteiger partial charge in [0.2, 0.25) is 0 Å². The van der Waals surface area contributed by atoms with Crippen LogP contribution in [0.1, 0.15) is 12.5 Å². The lowest BCUT2D eigenvalue weighted by molar-refractivity contribution is 0.0530. The molecule has 0 bridgehead atoms. The third-order valence-electron chi connectivity index (χ3n) is 3.28. The molecule has 1 saturated heterocycles. The number of nitrogens with one attached hydrogen (secondary N) is 1. The Bertz CT molecular complexity index is 414. The smallest absolute Gasteiger partial charge is 0.317 e. The van der Waals surface area contributed by atoms with Crippen molar-refractivity contribution >= 4 is 6.03 Å². The topological polar surface area (TPSA) is 50.8 Å². The molecule has 1 fully saturated rings. The molecule has 1 aliphatic heterocycles. The van der Waals surface area contributed by atoms with Gasteiger partial charge in [0.15, 0.2) is 0 Å². The van der Waals surface area contributed by atoms with E-state index in [0.29, 0.717) is 39.5 Å². The van der Waals surface area contributed by atoms with Gasteiger partial charge in [-0.25, -0.2) is 4.79 Å². The van der Waals surface area contributed by atoms with E-state index in [2.05, 4.69) is 24.4 Å². The van der Waals surface area contributed by atoms with E-state index >= 15 is 0 Å². The van der Waals surface area contributed by atoms with E-state index in [1.165, 1.54) is 5.56 Å². The molecule has 1 aromatic rings. The van der Waals surface area contributed by atoms with Crippen LogP contribution in [0.5, 0.6) is 5.75 Å². The summed E-state index contributed by atoms with van der Waals surface area (Å²) in [5, 5.41) is 2.85. The van der Waals surface area contributed by atoms with Gasteiger partial charge < -0.3 is 19.7 Å². The molecule has 1 heterocycles. The van der Waals surface area contributed by atoms with Crippen LogP contribution in [0.2, 0.25) is 0 Å². The van der Waals surface area contributed by atoms with Gasteiger partial charge in [-0.05, 0) is 24.1 Å². The number of benzene rings is 1. The molecular weight excluding hydrogens is 256 g/mol. The van der Waals surface area contributed by atoms with Crippen molar-refractivity contribution in [2.75, 3.05) is 39.5 Å². The van der Waals surface area contributed by atoms with Crippen LogP contribution < -0.4 is 10.1 Å². The van der Waals surface area contributed by atoms with E-state index in [9.17, 15) is 4.79 Å². The first-order valence-electron chi connectivity index (χ1n) is 7.12. The second kappa shape index (κ2) is 7.75. The van der Waals surface area contributed by atoms with E-state index < -0.39 is 0 Å². The summed E-state index contributed by atoms with van der Waals surface area (Å²) >= 11 is 0. The van der Waals surface area contributed by atoms with E-state index in [-0.39, 0.29) is 6.03 Å². The van der Waals surface area contributed by atoms with E-state index in [1.54, 1.807) is 4.90 Å². The van der Waals surface area contributed by atoms with Gasteiger partial charge in [-0.15, -0.1) is 0 Å². The molecule has 2 rings (SSSR count). The molecule has 0 radical (unpaired) electrons. The van der Waals surface area contributed by atoms with Crippen LogP contribution in [0.25, 0.3) is 0 Å². The second-order valence-corrected chi connectivity index (χ2v) is 4.68. The van der Waals surface area contributed by atoms with Crippen LogP contribution in [-0.4, -0.2) is 50.4 Å². The Hall–Kier alpha value is -1.75. The number of urea groups is 1. The number of hydrogen-bond acceptors (Lipinski definition) is 3. The molecule has 0 saturated carbocycles. The number of rotatable bonds is 5. The van der Waals surface area contributed by atoms with Crippen LogP contribution in [0.3, 0.4) is 0 Å². The van der Waals surface area contributed by atoms with Gasteiger partial charge in [-0.1, -0.05) is 19.1 Å². The maximum Gasteiger partial charge on any atom is 0.317 e. The fraction of sp³-hybridized carbons (Fsp3) is 0.533. The first-order chi connectivity index (χ1) is 9.79. The molecule has 5 nitrogen and oxygen atoms in total. The zero-order valence-corrected chi connectivity index (χ0v) is 11.9. The average molecular weight is 278 g/mol. The molecule has 20 heavy (non-hydrogen) atoms. The van der Waals surface area contributed by atoms with Gasteiger partial charge in [0, 0.05) is 13.1 Å². The van der Waals surface area contributed by atoms with Gasteiger partial charge in [0.05, 0.1) is 19.8 Å². The van der Waals surface area contributed by atoms with Crippen LogP contribution in [-0.2, 0) is 11.2 Å². The fourth-order valence-electron chi connectivity index (χ4n) is 2.03. The zero-order valence-electron chi connectivity index (χ0n) is 11.9. The van der Waals surface area contributed by atoms with Gasteiger partial charge in [-0.2, -0.15) is 0 Å². The second-order valence-electron chi connectivity index (χ2n) is 4.68. The molecule has 2 amide bonds. The van der Waals surface area contributed by atoms with E-state index in [1.807, 2.05) is 12.1 Å². The lowest BCUT2D eigenvalue weighted by atomic mass is 10.2. The highest BCUT2D eigenvalue weighted by atomic mass is 16.5. The molecule has 0 spiro atoms. The molecule has 1 N–H and O–H groups in total. The van der Waals surface area contributed by atoms with Crippen molar-refractivity contribution in [1.29, 1.82) is 0 Å². The number of aryl methyl sites for hydroxylation is 1. The summed E-state index contributed by atoms with van der Waals surface area (Å²) in [6.07, 6.45) is 1.02. The standard InChI is InChI=1S/C15H22N2O3/c1-2-13-3-5-14(6-4-13)20-10-7-16-15(18)17-8-11-19-12-9-17/h3-6H,2,7-12H2,1H3,(H,16,18). The van der Waals surface area contributed by atoms with Crippen molar-refractivity contribution in [3.63, 3.8) is 0 Å². The zero-order chi connectivity index (χ0) is 14.2. The maximum absolute atomic E-state index is 11.8. The number of ether oxygens (including phenoxy) is 2. The van der Waals surface area contributed by atoms with Crippen molar-refractivity contribution in [2.24, 2.45) is 0 Å². The van der Waals surface area contributed by atoms with Gasteiger partial charge in [0.25, 0.3) is 0 Å². The quantitative estimate of drug-likeness (QED) is 0.834. The lowest BCUT2D eigenvalue weighted by Crippen LogP contribution is -2.47. The maximum atomic E-state index is 11.8. The van der Waals surface area contributed by atoms with Crippen LogP contribution >= 0.6 is 0 Å². The summed E-state index contributed by atoms with van der Waals surface area (Å²) in [7, 11) is 0. The highest BCUT2D eigenvalue weighted by Gasteiger charge is 2.15. The third-order valence-corrected chi connectivity index (χ3v) is 3.28. The van der Waals surface area contributed by atoms with E-state index in [4.69, 9.17) is 9.47 Å². The Balaban J connectivity index is 1.64. The summed E-state index contributed by atoms with van der Waals surface area (Å²) in [6, 6.07) is 7.99. The minimum Gasteiger partial charge on any atom is -0.492 e. The number of carbonyl (C=O) groups is 1. The summed E-state index contributed by atoms with van der Waals surface area (Å²) in [5.41, 5.74) is 1.29. The third kappa shape index (κ3) is 4.42. The molecule has 0 aliphatic carbocycles. The number of morpholine rings is 1. The minimum atomic E-state index is -0.0433. The Morgan fingerprint density at radius 2 is 2.00 bits per heavy atom. The van der Waals surface area contributed by atoms with Crippen molar-refractivity contribution < 1.29 is 14.3 Å². The Morgan fingerprint density at radius 3 is 2.65 bits per heavy atom.